The molecule has 0 N–H and O–H groups in total. The number of halogens is 1. The Bertz CT molecular complexity index is 598. The van der Waals surface area contributed by atoms with Crippen molar-refractivity contribution < 1.29 is 8.42 Å². The van der Waals surface area contributed by atoms with Gasteiger partial charge in [-0.2, -0.15) is 0 Å². The maximum absolute atomic E-state index is 11.5. The van der Waals surface area contributed by atoms with E-state index in [1.165, 1.54) is 0 Å². The first-order valence-electron chi connectivity index (χ1n) is 7.96. The van der Waals surface area contributed by atoms with E-state index in [0.717, 1.165) is 56.3 Å². The Morgan fingerprint density at radius 2 is 1.68 bits per heavy atom. The molecule has 0 saturated carbocycles. The Morgan fingerprint density at radius 3 is 2.32 bits per heavy atom. The van der Waals surface area contributed by atoms with Gasteiger partial charge in [-0.3, -0.25) is 4.90 Å². The fourth-order valence-corrected chi connectivity index (χ4v) is 5.21. The van der Waals surface area contributed by atoms with E-state index in [9.17, 15) is 8.42 Å². The normalized spacial score (nSPS) is 23.6. The summed E-state index contributed by atoms with van der Waals surface area (Å²) in [6, 6.07) is 7.99. The second-order valence-corrected chi connectivity index (χ2v) is 9.05. The summed E-state index contributed by atoms with van der Waals surface area (Å²) >= 11 is 6.26. The highest BCUT2D eigenvalue weighted by Gasteiger charge is 2.26. The number of sulfone groups is 1. The lowest BCUT2D eigenvalue weighted by Gasteiger charge is -2.38. The van der Waals surface area contributed by atoms with Crippen LogP contribution in [0.3, 0.4) is 0 Å². The summed E-state index contributed by atoms with van der Waals surface area (Å²) in [5.41, 5.74) is 1.12. The molecule has 1 aromatic carbocycles. The van der Waals surface area contributed by atoms with E-state index in [4.69, 9.17) is 11.6 Å². The minimum atomic E-state index is -2.75. The molecular weight excluding hydrogens is 320 g/mol. The van der Waals surface area contributed by atoms with Gasteiger partial charge < -0.3 is 4.90 Å². The molecule has 0 radical (unpaired) electrons. The molecule has 2 aliphatic heterocycles. The molecule has 22 heavy (non-hydrogen) atoms. The average Bonchev–Trinajstić information content (AvgIpc) is 2.51. The first kappa shape index (κ1) is 16.1. The first-order valence-corrected chi connectivity index (χ1v) is 10.2. The summed E-state index contributed by atoms with van der Waals surface area (Å²) in [5, 5.41) is 0.813. The summed E-state index contributed by atoms with van der Waals surface area (Å²) < 4.78 is 23.0. The van der Waals surface area contributed by atoms with E-state index in [1.807, 2.05) is 18.2 Å². The average molecular weight is 343 g/mol. The number of hydrogen-bond donors (Lipinski definition) is 0. The molecule has 4 nitrogen and oxygen atoms in total. The zero-order valence-corrected chi connectivity index (χ0v) is 14.3. The zero-order chi connectivity index (χ0) is 15.6. The molecule has 122 valence electrons. The van der Waals surface area contributed by atoms with Gasteiger partial charge in [0.1, 0.15) is 9.84 Å². The molecule has 0 atom stereocenters. The van der Waals surface area contributed by atoms with Crippen molar-refractivity contribution >= 4 is 27.1 Å². The van der Waals surface area contributed by atoms with Crippen molar-refractivity contribution in [2.75, 3.05) is 49.1 Å². The Hall–Kier alpha value is -0.780. The fourth-order valence-electron chi connectivity index (χ4n) is 3.37. The molecule has 1 aromatic rings. The van der Waals surface area contributed by atoms with Gasteiger partial charge in [0.25, 0.3) is 0 Å². The topological polar surface area (TPSA) is 40.6 Å². The lowest BCUT2D eigenvalue weighted by Crippen LogP contribution is -2.48. The molecule has 0 aliphatic carbocycles. The highest BCUT2D eigenvalue weighted by Crippen LogP contribution is 2.27. The molecule has 2 heterocycles. The lowest BCUT2D eigenvalue weighted by molar-refractivity contribution is 0.211. The number of rotatable bonds is 3. The number of para-hydroxylation sites is 1. The number of nitrogens with zero attached hydrogens (tertiary/aromatic N) is 2. The molecule has 3 rings (SSSR count). The van der Waals surface area contributed by atoms with Gasteiger partial charge in [-0.1, -0.05) is 23.7 Å². The summed E-state index contributed by atoms with van der Waals surface area (Å²) in [7, 11) is -2.75. The Morgan fingerprint density at radius 1 is 1.05 bits per heavy atom. The molecular formula is C16H23ClN2O2S. The maximum atomic E-state index is 11.5. The van der Waals surface area contributed by atoms with Crippen LogP contribution in [0.4, 0.5) is 5.69 Å². The fraction of sp³-hybridized carbons (Fsp3) is 0.625. The SMILES string of the molecule is O=S1(=O)CCC(CN2CCN(c3ccccc3Cl)CC2)CC1. The van der Waals surface area contributed by atoms with Crippen LogP contribution in [0.1, 0.15) is 12.8 Å². The zero-order valence-electron chi connectivity index (χ0n) is 12.7. The monoisotopic (exact) mass is 342 g/mol. The molecule has 0 bridgehead atoms. The van der Waals surface area contributed by atoms with Crippen LogP contribution in [0.2, 0.25) is 5.02 Å². The first-order chi connectivity index (χ1) is 10.5. The van der Waals surface area contributed by atoms with Gasteiger partial charge in [0.05, 0.1) is 22.2 Å². The highest BCUT2D eigenvalue weighted by molar-refractivity contribution is 7.91. The molecule has 0 aromatic heterocycles. The Balaban J connectivity index is 1.49. The molecule has 2 aliphatic rings. The van der Waals surface area contributed by atoms with Crippen molar-refractivity contribution in [1.29, 1.82) is 0 Å². The predicted molar refractivity (Wildman–Crippen MR) is 91.5 cm³/mol. The minimum Gasteiger partial charge on any atom is -0.368 e. The molecule has 0 amide bonds. The Labute approximate surface area is 138 Å². The Kier molecular flexibility index (Phi) is 4.95. The van der Waals surface area contributed by atoms with Gasteiger partial charge in [0.2, 0.25) is 0 Å². The summed E-state index contributed by atoms with van der Waals surface area (Å²) in [6.07, 6.45) is 1.65. The van der Waals surface area contributed by atoms with E-state index < -0.39 is 9.84 Å². The van der Waals surface area contributed by atoms with Crippen LogP contribution < -0.4 is 4.90 Å². The second kappa shape index (κ2) is 6.77. The van der Waals surface area contributed by atoms with E-state index >= 15 is 0 Å². The van der Waals surface area contributed by atoms with Crippen molar-refractivity contribution in [2.24, 2.45) is 5.92 Å². The molecule has 6 heteroatoms. The summed E-state index contributed by atoms with van der Waals surface area (Å²) in [4.78, 5) is 4.81. The maximum Gasteiger partial charge on any atom is 0.150 e. The smallest absolute Gasteiger partial charge is 0.150 e. The van der Waals surface area contributed by atoms with E-state index in [-0.39, 0.29) is 0 Å². The molecule has 0 unspecified atom stereocenters. The van der Waals surface area contributed by atoms with Crippen LogP contribution in [-0.4, -0.2) is 57.5 Å². The third-order valence-electron chi connectivity index (χ3n) is 4.76. The van der Waals surface area contributed by atoms with Gasteiger partial charge in [0.15, 0.2) is 0 Å². The van der Waals surface area contributed by atoms with E-state index in [1.54, 1.807) is 0 Å². The van der Waals surface area contributed by atoms with Crippen molar-refractivity contribution in [1.82, 2.24) is 4.90 Å². The third-order valence-corrected chi connectivity index (χ3v) is 6.79. The van der Waals surface area contributed by atoms with Crippen LogP contribution in [-0.2, 0) is 9.84 Å². The molecule has 2 fully saturated rings. The van der Waals surface area contributed by atoms with Crippen molar-refractivity contribution in [3.8, 4) is 0 Å². The molecule has 0 spiro atoms. The minimum absolute atomic E-state index is 0.372. The van der Waals surface area contributed by atoms with Gasteiger partial charge >= 0.3 is 0 Å². The standard InChI is InChI=1S/C16H23ClN2O2S/c17-15-3-1-2-4-16(15)19-9-7-18(8-10-19)13-14-5-11-22(20,21)12-6-14/h1-4,14H,5-13H2. The van der Waals surface area contributed by atoms with Crippen LogP contribution >= 0.6 is 11.6 Å². The van der Waals surface area contributed by atoms with Crippen molar-refractivity contribution in [3.63, 3.8) is 0 Å². The highest BCUT2D eigenvalue weighted by atomic mass is 35.5. The molecule has 2 saturated heterocycles. The van der Waals surface area contributed by atoms with Crippen LogP contribution in [0, 0.1) is 5.92 Å². The lowest BCUT2D eigenvalue weighted by atomic mass is 10.0. The van der Waals surface area contributed by atoms with Crippen molar-refractivity contribution in [2.45, 2.75) is 12.8 Å². The third kappa shape index (κ3) is 3.94. The van der Waals surface area contributed by atoms with Gasteiger partial charge in [-0.15, -0.1) is 0 Å². The van der Waals surface area contributed by atoms with E-state index in [0.29, 0.717) is 17.4 Å². The number of piperazine rings is 1. The van der Waals surface area contributed by atoms with Crippen LogP contribution in [0.25, 0.3) is 0 Å². The van der Waals surface area contributed by atoms with E-state index in [2.05, 4.69) is 15.9 Å². The quantitative estimate of drug-likeness (QED) is 0.845. The summed E-state index contributed by atoms with van der Waals surface area (Å²) in [6.45, 7) is 5.04. The van der Waals surface area contributed by atoms with Crippen molar-refractivity contribution in [3.05, 3.63) is 29.3 Å². The van der Waals surface area contributed by atoms with Gasteiger partial charge in [-0.05, 0) is 30.9 Å². The number of anilines is 1. The largest absolute Gasteiger partial charge is 0.368 e. The predicted octanol–water partition coefficient (Wildman–Crippen LogP) is 2.29. The second-order valence-electron chi connectivity index (χ2n) is 6.33. The summed E-state index contributed by atoms with van der Waals surface area (Å²) in [5.74, 6) is 1.28. The van der Waals surface area contributed by atoms with Crippen LogP contribution in [0.5, 0.6) is 0 Å². The van der Waals surface area contributed by atoms with Gasteiger partial charge in [-0.25, -0.2) is 8.42 Å². The number of benzene rings is 1. The number of hydrogen-bond acceptors (Lipinski definition) is 4. The van der Waals surface area contributed by atoms with Crippen LogP contribution in [0.15, 0.2) is 24.3 Å². The van der Waals surface area contributed by atoms with Gasteiger partial charge in [0, 0.05) is 32.7 Å².